The van der Waals surface area contributed by atoms with Gasteiger partial charge in [-0.05, 0) is 34.1 Å². The fourth-order valence-corrected chi connectivity index (χ4v) is 2.82. The number of hydrogen-bond donors (Lipinski definition) is 0. The Morgan fingerprint density at radius 2 is 1.94 bits per heavy atom. The Kier molecular flexibility index (Phi) is 3.22. The molecule has 2 aromatic rings. The van der Waals surface area contributed by atoms with Crippen molar-refractivity contribution < 1.29 is 9.21 Å². The molecule has 0 atom stereocenters. The second-order valence-corrected chi connectivity index (χ2v) is 5.71. The van der Waals surface area contributed by atoms with Crippen LogP contribution in [-0.2, 0) is 0 Å². The smallest absolute Gasteiger partial charge is 0.200 e. The predicted octanol–water partition coefficient (Wildman–Crippen LogP) is 4.80. The summed E-state index contributed by atoms with van der Waals surface area (Å²) in [5.74, 6) is 0.394. The molecular weight excluding hydrogens is 336 g/mol. The fourth-order valence-electron chi connectivity index (χ4n) is 1.48. The maximum atomic E-state index is 11.8. The number of rotatable bonds is 2. The first-order valence-electron chi connectivity index (χ1n) is 4.92. The molecule has 0 radical (unpaired) electrons. The number of benzene rings is 1. The van der Waals surface area contributed by atoms with Crippen LogP contribution >= 0.6 is 31.9 Å². The number of carbonyl (C=O) groups excluding carboxylic acids is 1. The molecule has 0 fully saturated rings. The predicted molar refractivity (Wildman–Crippen MR) is 70.8 cm³/mol. The van der Waals surface area contributed by atoms with E-state index < -0.39 is 0 Å². The first kappa shape index (κ1) is 11.9. The highest BCUT2D eigenvalue weighted by Crippen LogP contribution is 2.31. The number of ketones is 1. The van der Waals surface area contributed by atoms with E-state index in [0.717, 1.165) is 14.3 Å². The summed E-state index contributed by atoms with van der Waals surface area (Å²) in [4.78, 5) is 11.8. The molecule has 0 N–H and O–H groups in total. The Bertz CT molecular complexity index is 555. The molecule has 0 aliphatic heterocycles. The standard InChI is InChI=1S/C12H10Br2O2/c1-6(2)11(15)10-4-7-3-8(13)5-9(14)12(7)16-10/h3-6H,1-2H3. The normalized spacial score (nSPS) is 11.3. The summed E-state index contributed by atoms with van der Waals surface area (Å²) >= 11 is 6.81. The van der Waals surface area contributed by atoms with Crippen LogP contribution in [-0.4, -0.2) is 5.78 Å². The van der Waals surface area contributed by atoms with Crippen molar-refractivity contribution in [2.75, 3.05) is 0 Å². The zero-order chi connectivity index (χ0) is 11.9. The Labute approximate surface area is 110 Å². The van der Waals surface area contributed by atoms with Gasteiger partial charge in [0.05, 0.1) is 4.47 Å². The topological polar surface area (TPSA) is 30.2 Å². The van der Waals surface area contributed by atoms with Crippen LogP contribution in [0.2, 0.25) is 0 Å². The molecule has 16 heavy (non-hydrogen) atoms. The number of halogens is 2. The van der Waals surface area contributed by atoms with Crippen molar-refractivity contribution >= 4 is 48.6 Å². The fraction of sp³-hybridized carbons (Fsp3) is 0.250. The van der Waals surface area contributed by atoms with E-state index in [4.69, 9.17) is 4.42 Å². The zero-order valence-corrected chi connectivity index (χ0v) is 12.1. The van der Waals surface area contributed by atoms with Crippen LogP contribution < -0.4 is 0 Å². The van der Waals surface area contributed by atoms with E-state index in [0.29, 0.717) is 11.3 Å². The van der Waals surface area contributed by atoms with Gasteiger partial charge in [0.2, 0.25) is 5.78 Å². The van der Waals surface area contributed by atoms with Crippen molar-refractivity contribution in [3.05, 3.63) is 32.9 Å². The van der Waals surface area contributed by atoms with Gasteiger partial charge >= 0.3 is 0 Å². The minimum atomic E-state index is -0.0530. The van der Waals surface area contributed by atoms with E-state index in [1.807, 2.05) is 26.0 Å². The lowest BCUT2D eigenvalue weighted by Gasteiger charge is -1.98. The quantitative estimate of drug-likeness (QED) is 0.732. The van der Waals surface area contributed by atoms with Crippen molar-refractivity contribution in [2.45, 2.75) is 13.8 Å². The van der Waals surface area contributed by atoms with Crippen molar-refractivity contribution in [1.82, 2.24) is 0 Å². The van der Waals surface area contributed by atoms with Gasteiger partial charge in [0.25, 0.3) is 0 Å². The maximum Gasteiger partial charge on any atom is 0.200 e. The van der Waals surface area contributed by atoms with Gasteiger partial charge in [-0.1, -0.05) is 29.8 Å². The molecule has 0 saturated carbocycles. The van der Waals surface area contributed by atoms with Gasteiger partial charge in [-0.15, -0.1) is 0 Å². The molecule has 0 aliphatic carbocycles. The Morgan fingerprint density at radius 1 is 1.25 bits per heavy atom. The first-order chi connectivity index (χ1) is 7.49. The zero-order valence-electron chi connectivity index (χ0n) is 8.88. The third-order valence-electron chi connectivity index (χ3n) is 2.30. The molecule has 0 saturated heterocycles. The van der Waals surface area contributed by atoms with Crippen molar-refractivity contribution in [3.63, 3.8) is 0 Å². The molecule has 2 nitrogen and oxygen atoms in total. The Hall–Kier alpha value is -0.610. The lowest BCUT2D eigenvalue weighted by atomic mass is 10.1. The first-order valence-corrected chi connectivity index (χ1v) is 6.50. The molecule has 1 heterocycles. The molecule has 0 unspecified atom stereocenters. The van der Waals surface area contributed by atoms with Crippen LogP contribution in [0, 0.1) is 5.92 Å². The maximum absolute atomic E-state index is 11.8. The average Bonchev–Trinajstić information content (AvgIpc) is 2.60. The third-order valence-corrected chi connectivity index (χ3v) is 3.35. The van der Waals surface area contributed by atoms with E-state index in [-0.39, 0.29) is 11.7 Å². The molecule has 1 aromatic carbocycles. The van der Waals surface area contributed by atoms with Gasteiger partial charge < -0.3 is 4.42 Å². The summed E-state index contributed by atoms with van der Waals surface area (Å²) < 4.78 is 7.36. The molecule has 1 aromatic heterocycles. The highest BCUT2D eigenvalue weighted by molar-refractivity contribution is 9.11. The van der Waals surface area contributed by atoms with Gasteiger partial charge in [-0.3, -0.25) is 4.79 Å². The number of carbonyl (C=O) groups is 1. The van der Waals surface area contributed by atoms with Crippen LogP contribution in [0.4, 0.5) is 0 Å². The van der Waals surface area contributed by atoms with E-state index in [1.165, 1.54) is 0 Å². The van der Waals surface area contributed by atoms with Gasteiger partial charge in [0, 0.05) is 15.8 Å². The molecule has 0 spiro atoms. The summed E-state index contributed by atoms with van der Waals surface area (Å²) in [7, 11) is 0. The van der Waals surface area contributed by atoms with Crippen LogP contribution in [0.5, 0.6) is 0 Å². The molecule has 0 bridgehead atoms. The third kappa shape index (κ3) is 2.09. The number of furan rings is 1. The van der Waals surface area contributed by atoms with Crippen LogP contribution in [0.25, 0.3) is 11.0 Å². The second-order valence-electron chi connectivity index (χ2n) is 3.94. The lowest BCUT2D eigenvalue weighted by molar-refractivity contribution is 0.0913. The van der Waals surface area contributed by atoms with Crippen LogP contribution in [0.3, 0.4) is 0 Å². The molecule has 0 amide bonds. The second kappa shape index (κ2) is 4.34. The van der Waals surface area contributed by atoms with E-state index in [9.17, 15) is 4.79 Å². The molecule has 84 valence electrons. The summed E-state index contributed by atoms with van der Waals surface area (Å²) in [6.45, 7) is 3.72. The average molecular weight is 346 g/mol. The summed E-state index contributed by atoms with van der Waals surface area (Å²) in [5.41, 5.74) is 0.715. The van der Waals surface area contributed by atoms with Crippen molar-refractivity contribution in [2.24, 2.45) is 5.92 Å². The van der Waals surface area contributed by atoms with Crippen molar-refractivity contribution in [1.29, 1.82) is 0 Å². The molecule has 2 rings (SSSR count). The van der Waals surface area contributed by atoms with Crippen molar-refractivity contribution in [3.8, 4) is 0 Å². The molecule has 4 heteroatoms. The van der Waals surface area contributed by atoms with Gasteiger partial charge in [0.15, 0.2) is 5.76 Å². The molecular formula is C12H10Br2O2. The van der Waals surface area contributed by atoms with E-state index >= 15 is 0 Å². The van der Waals surface area contributed by atoms with Gasteiger partial charge in [0.1, 0.15) is 5.58 Å². The summed E-state index contributed by atoms with van der Waals surface area (Å²) in [6, 6.07) is 5.61. The monoisotopic (exact) mass is 344 g/mol. The van der Waals surface area contributed by atoms with E-state index in [2.05, 4.69) is 31.9 Å². The lowest BCUT2D eigenvalue weighted by Crippen LogP contribution is -2.05. The number of fused-ring (bicyclic) bond motifs is 1. The SMILES string of the molecule is CC(C)C(=O)c1cc2cc(Br)cc(Br)c2o1. The van der Waals surface area contributed by atoms with Gasteiger partial charge in [-0.2, -0.15) is 0 Å². The van der Waals surface area contributed by atoms with Crippen LogP contribution in [0.1, 0.15) is 24.4 Å². The van der Waals surface area contributed by atoms with Crippen LogP contribution in [0.15, 0.2) is 31.6 Å². The highest BCUT2D eigenvalue weighted by atomic mass is 79.9. The summed E-state index contributed by atoms with van der Waals surface area (Å²) in [6.07, 6.45) is 0. The Balaban J connectivity index is 2.60. The minimum absolute atomic E-state index is 0.0271. The summed E-state index contributed by atoms with van der Waals surface area (Å²) in [5, 5.41) is 0.922. The Morgan fingerprint density at radius 3 is 2.56 bits per heavy atom. The highest BCUT2D eigenvalue weighted by Gasteiger charge is 2.17. The number of Topliss-reactive ketones (excluding diaryl/α,β-unsaturated/α-hetero) is 1. The van der Waals surface area contributed by atoms with Gasteiger partial charge in [-0.25, -0.2) is 0 Å². The largest absolute Gasteiger partial charge is 0.452 e. The molecule has 0 aliphatic rings. The minimum Gasteiger partial charge on any atom is -0.452 e. The van der Waals surface area contributed by atoms with E-state index in [1.54, 1.807) is 6.07 Å². The number of hydrogen-bond acceptors (Lipinski definition) is 2.